The van der Waals surface area contributed by atoms with Gasteiger partial charge in [0.2, 0.25) is 0 Å². The number of carbonyl (C=O) groups excluding carboxylic acids is 1. The summed E-state index contributed by atoms with van der Waals surface area (Å²) in [5.74, 6) is 0.0827. The lowest BCUT2D eigenvalue weighted by molar-refractivity contribution is 0.1000. The predicted molar refractivity (Wildman–Crippen MR) is 87.8 cm³/mol. The fraction of sp³-hybridized carbons (Fsp3) is 0.263. The minimum Gasteiger partial charge on any atom is -0.508 e. The van der Waals surface area contributed by atoms with Crippen LogP contribution in [0, 0.1) is 0 Å². The summed E-state index contributed by atoms with van der Waals surface area (Å²) in [6, 6.07) is 14.6. The van der Waals surface area contributed by atoms with Crippen LogP contribution >= 0.6 is 0 Å². The van der Waals surface area contributed by atoms with Gasteiger partial charge in [-0.2, -0.15) is 0 Å². The van der Waals surface area contributed by atoms with Crippen LogP contribution in [0.2, 0.25) is 0 Å². The van der Waals surface area contributed by atoms with Crippen LogP contribution in [0.3, 0.4) is 0 Å². The standard InChI is InChI=1S/C19H19NO2/c1-19(2)12-14-6-3-4-9-16(14)17(20-19)11-18(22)13-7-5-8-15(21)10-13/h3-10,21H,11-12H2,1-2H3. The van der Waals surface area contributed by atoms with E-state index in [0.29, 0.717) is 5.56 Å². The van der Waals surface area contributed by atoms with Gasteiger partial charge in [0.15, 0.2) is 5.78 Å². The van der Waals surface area contributed by atoms with Gasteiger partial charge in [-0.1, -0.05) is 36.4 Å². The van der Waals surface area contributed by atoms with E-state index in [-0.39, 0.29) is 23.5 Å². The predicted octanol–water partition coefficient (Wildman–Crippen LogP) is 3.79. The highest BCUT2D eigenvalue weighted by atomic mass is 16.3. The first-order chi connectivity index (χ1) is 10.4. The second-order valence-corrected chi connectivity index (χ2v) is 6.36. The van der Waals surface area contributed by atoms with E-state index >= 15 is 0 Å². The number of rotatable bonds is 3. The number of carbonyl (C=O) groups is 1. The molecule has 0 spiro atoms. The van der Waals surface area contributed by atoms with Crippen LogP contribution in [0.25, 0.3) is 0 Å². The van der Waals surface area contributed by atoms with Crippen molar-refractivity contribution >= 4 is 11.5 Å². The number of phenols is 1. The Kier molecular flexibility index (Phi) is 3.57. The van der Waals surface area contributed by atoms with Crippen LogP contribution < -0.4 is 0 Å². The molecule has 1 N–H and O–H groups in total. The Labute approximate surface area is 130 Å². The Morgan fingerprint density at radius 3 is 2.73 bits per heavy atom. The van der Waals surface area contributed by atoms with E-state index in [1.54, 1.807) is 18.2 Å². The van der Waals surface area contributed by atoms with Crippen molar-refractivity contribution in [3.05, 3.63) is 65.2 Å². The molecule has 0 atom stereocenters. The molecule has 112 valence electrons. The SMILES string of the molecule is CC1(C)Cc2ccccc2C(CC(=O)c2cccc(O)c2)=N1. The Hall–Kier alpha value is -2.42. The van der Waals surface area contributed by atoms with Gasteiger partial charge >= 0.3 is 0 Å². The molecule has 2 aromatic rings. The number of ketones is 1. The molecule has 0 unspecified atom stereocenters. The van der Waals surface area contributed by atoms with Gasteiger partial charge in [0.05, 0.1) is 17.7 Å². The fourth-order valence-corrected chi connectivity index (χ4v) is 2.96. The third kappa shape index (κ3) is 2.93. The van der Waals surface area contributed by atoms with Gasteiger partial charge in [0, 0.05) is 5.56 Å². The van der Waals surface area contributed by atoms with Crippen molar-refractivity contribution in [2.45, 2.75) is 32.2 Å². The molecule has 0 amide bonds. The summed E-state index contributed by atoms with van der Waals surface area (Å²) in [5.41, 5.74) is 3.46. The first-order valence-electron chi connectivity index (χ1n) is 7.44. The van der Waals surface area contributed by atoms with Crippen molar-refractivity contribution in [3.8, 4) is 5.75 Å². The second kappa shape index (κ2) is 5.41. The first kappa shape index (κ1) is 14.5. The maximum atomic E-state index is 12.5. The van der Waals surface area contributed by atoms with E-state index in [9.17, 15) is 9.90 Å². The van der Waals surface area contributed by atoms with Crippen molar-refractivity contribution in [1.82, 2.24) is 0 Å². The number of hydrogen-bond donors (Lipinski definition) is 1. The Balaban J connectivity index is 1.93. The molecule has 0 bridgehead atoms. The maximum absolute atomic E-state index is 12.5. The van der Waals surface area contributed by atoms with Crippen molar-refractivity contribution in [2.75, 3.05) is 0 Å². The van der Waals surface area contributed by atoms with Gasteiger partial charge in [-0.3, -0.25) is 9.79 Å². The van der Waals surface area contributed by atoms with Crippen LogP contribution in [0.4, 0.5) is 0 Å². The second-order valence-electron chi connectivity index (χ2n) is 6.36. The first-order valence-corrected chi connectivity index (χ1v) is 7.44. The highest BCUT2D eigenvalue weighted by Gasteiger charge is 2.27. The normalized spacial score (nSPS) is 15.8. The van der Waals surface area contributed by atoms with Crippen molar-refractivity contribution in [3.63, 3.8) is 0 Å². The number of aromatic hydroxyl groups is 1. The maximum Gasteiger partial charge on any atom is 0.168 e. The molecule has 0 radical (unpaired) electrons. The number of aliphatic imine (C=N–C) groups is 1. The molecule has 0 aliphatic carbocycles. The van der Waals surface area contributed by atoms with Crippen LogP contribution in [0.15, 0.2) is 53.5 Å². The van der Waals surface area contributed by atoms with Gasteiger partial charge in [-0.15, -0.1) is 0 Å². The van der Waals surface area contributed by atoms with Crippen LogP contribution in [0.1, 0.15) is 41.8 Å². The average molecular weight is 293 g/mol. The molecule has 3 nitrogen and oxygen atoms in total. The molecule has 0 fully saturated rings. The number of fused-ring (bicyclic) bond motifs is 1. The summed E-state index contributed by atoms with van der Waals surface area (Å²) >= 11 is 0. The van der Waals surface area contributed by atoms with E-state index in [4.69, 9.17) is 4.99 Å². The zero-order valence-corrected chi connectivity index (χ0v) is 12.8. The topological polar surface area (TPSA) is 49.7 Å². The molecule has 1 heterocycles. The van der Waals surface area contributed by atoms with E-state index in [1.807, 2.05) is 18.2 Å². The minimum atomic E-state index is -0.192. The molecule has 0 aromatic heterocycles. The minimum absolute atomic E-state index is 0.0258. The van der Waals surface area contributed by atoms with Crippen molar-refractivity contribution in [2.24, 2.45) is 4.99 Å². The van der Waals surface area contributed by atoms with E-state index in [2.05, 4.69) is 19.9 Å². The molecule has 1 aliphatic rings. The van der Waals surface area contributed by atoms with Crippen LogP contribution in [-0.4, -0.2) is 22.1 Å². The van der Waals surface area contributed by atoms with Gasteiger partial charge < -0.3 is 5.11 Å². The van der Waals surface area contributed by atoms with Crippen LogP contribution in [-0.2, 0) is 6.42 Å². The van der Waals surface area contributed by atoms with Gasteiger partial charge in [0.25, 0.3) is 0 Å². The zero-order chi connectivity index (χ0) is 15.7. The largest absolute Gasteiger partial charge is 0.508 e. The van der Waals surface area contributed by atoms with E-state index < -0.39 is 0 Å². The van der Waals surface area contributed by atoms with Crippen LogP contribution in [0.5, 0.6) is 5.75 Å². The highest BCUT2D eigenvalue weighted by Crippen LogP contribution is 2.28. The smallest absolute Gasteiger partial charge is 0.168 e. The summed E-state index contributed by atoms with van der Waals surface area (Å²) in [5, 5.41) is 9.53. The molecule has 3 heteroatoms. The monoisotopic (exact) mass is 293 g/mol. The molecule has 0 saturated carbocycles. The lowest BCUT2D eigenvalue weighted by atomic mass is 9.85. The van der Waals surface area contributed by atoms with E-state index in [1.165, 1.54) is 11.6 Å². The molecule has 3 rings (SSSR count). The molecular weight excluding hydrogens is 274 g/mol. The third-order valence-corrected chi connectivity index (χ3v) is 3.89. The summed E-state index contributed by atoms with van der Waals surface area (Å²) in [4.78, 5) is 17.3. The molecule has 1 aliphatic heterocycles. The van der Waals surface area contributed by atoms with E-state index in [0.717, 1.165) is 17.7 Å². The quantitative estimate of drug-likeness (QED) is 0.875. The van der Waals surface area contributed by atoms with Gasteiger partial charge in [-0.05, 0) is 43.5 Å². The third-order valence-electron chi connectivity index (χ3n) is 3.89. The van der Waals surface area contributed by atoms with Gasteiger partial charge in [0.1, 0.15) is 5.75 Å². The Bertz CT molecular complexity index is 760. The summed E-state index contributed by atoms with van der Waals surface area (Å²) in [6.07, 6.45) is 1.14. The number of nitrogens with zero attached hydrogens (tertiary/aromatic N) is 1. The molecular formula is C19H19NO2. The molecule has 22 heavy (non-hydrogen) atoms. The van der Waals surface area contributed by atoms with Crippen molar-refractivity contribution in [1.29, 1.82) is 0 Å². The number of phenolic OH excluding ortho intramolecular Hbond substituents is 1. The summed E-state index contributed by atoms with van der Waals surface area (Å²) < 4.78 is 0. The molecule has 2 aromatic carbocycles. The number of hydrogen-bond acceptors (Lipinski definition) is 3. The Morgan fingerprint density at radius 2 is 1.95 bits per heavy atom. The Morgan fingerprint density at radius 1 is 1.18 bits per heavy atom. The number of Topliss-reactive ketones (excluding diaryl/α,β-unsaturated/α-hetero) is 1. The fourth-order valence-electron chi connectivity index (χ4n) is 2.96. The lowest BCUT2D eigenvalue weighted by Crippen LogP contribution is -2.29. The highest BCUT2D eigenvalue weighted by molar-refractivity contribution is 6.16. The van der Waals surface area contributed by atoms with Crippen molar-refractivity contribution < 1.29 is 9.90 Å². The zero-order valence-electron chi connectivity index (χ0n) is 12.8. The van der Waals surface area contributed by atoms with Gasteiger partial charge in [-0.25, -0.2) is 0 Å². The molecule has 0 saturated heterocycles. The summed E-state index contributed by atoms with van der Waals surface area (Å²) in [6.45, 7) is 4.17. The average Bonchev–Trinajstić information content (AvgIpc) is 2.46. The lowest BCUT2D eigenvalue weighted by Gasteiger charge is -2.29. The summed E-state index contributed by atoms with van der Waals surface area (Å²) in [7, 11) is 0. The number of benzene rings is 2.